The third-order valence-corrected chi connectivity index (χ3v) is 4.41. The zero-order valence-electron chi connectivity index (χ0n) is 17.4. The molecule has 2 amide bonds. The molecule has 0 spiro atoms. The number of hydrogen-bond donors (Lipinski definition) is 2. The van der Waals surface area contributed by atoms with Crippen LogP contribution in [-0.2, 0) is 25.7 Å². The molecular weight excluding hydrogens is 412 g/mol. The number of carbonyl (C=O) groups excluding carboxylic acids is 3. The molecule has 2 aromatic carbocycles. The highest BCUT2D eigenvalue weighted by Gasteiger charge is 2.19. The quantitative estimate of drug-likeness (QED) is 0.320. The van der Waals surface area contributed by atoms with Crippen LogP contribution in [0.25, 0.3) is 17.0 Å². The van der Waals surface area contributed by atoms with Gasteiger partial charge in [-0.25, -0.2) is 0 Å². The van der Waals surface area contributed by atoms with E-state index in [2.05, 4.69) is 15.5 Å². The molecule has 0 saturated heterocycles. The van der Waals surface area contributed by atoms with Crippen LogP contribution in [0.1, 0.15) is 12.5 Å². The van der Waals surface area contributed by atoms with Crippen molar-refractivity contribution in [2.24, 2.45) is 10.2 Å². The summed E-state index contributed by atoms with van der Waals surface area (Å²) in [5.41, 5.74) is 1.44. The van der Waals surface area contributed by atoms with Crippen molar-refractivity contribution in [2.45, 2.75) is 13.5 Å². The summed E-state index contributed by atoms with van der Waals surface area (Å²) in [5.74, 6) is -1.99. The monoisotopic (exact) mass is 434 g/mol. The third kappa shape index (κ3) is 5.66. The Hall–Kier alpha value is -4.27. The first-order valence-corrected chi connectivity index (χ1v) is 9.91. The molecule has 0 atom stereocenters. The van der Waals surface area contributed by atoms with Gasteiger partial charge in [0, 0.05) is 11.5 Å². The number of aromatic hydroxyl groups is 1. The molecule has 9 heteroatoms. The lowest BCUT2D eigenvalue weighted by atomic mass is 10.2. The number of aromatic nitrogens is 1. The molecule has 0 aliphatic heterocycles. The van der Waals surface area contributed by atoms with E-state index in [9.17, 15) is 19.5 Å². The number of benzene rings is 2. The van der Waals surface area contributed by atoms with Crippen molar-refractivity contribution in [1.29, 1.82) is 0 Å². The van der Waals surface area contributed by atoms with E-state index in [-0.39, 0.29) is 31.3 Å². The van der Waals surface area contributed by atoms with Gasteiger partial charge in [0.2, 0.25) is 11.8 Å². The molecule has 1 heterocycles. The number of rotatable bonds is 8. The van der Waals surface area contributed by atoms with Gasteiger partial charge >= 0.3 is 5.97 Å². The summed E-state index contributed by atoms with van der Waals surface area (Å²) in [4.78, 5) is 35.8. The number of carbonyl (C=O) groups is 3. The molecule has 0 aliphatic rings. The highest BCUT2D eigenvalue weighted by Crippen LogP contribution is 2.38. The Morgan fingerprint density at radius 1 is 1.09 bits per heavy atom. The van der Waals surface area contributed by atoms with Crippen molar-refractivity contribution >= 4 is 40.4 Å². The molecule has 32 heavy (non-hydrogen) atoms. The molecule has 0 saturated carbocycles. The van der Waals surface area contributed by atoms with Gasteiger partial charge in [-0.15, -0.1) is 10.2 Å². The molecule has 0 unspecified atom stereocenters. The van der Waals surface area contributed by atoms with Gasteiger partial charge < -0.3 is 15.2 Å². The molecule has 164 valence electrons. The van der Waals surface area contributed by atoms with E-state index < -0.39 is 17.8 Å². The number of hydrogen-bond acceptors (Lipinski definition) is 6. The van der Waals surface area contributed by atoms with Gasteiger partial charge in [0.15, 0.2) is 5.69 Å². The summed E-state index contributed by atoms with van der Waals surface area (Å²) >= 11 is 0. The van der Waals surface area contributed by atoms with E-state index in [1.807, 2.05) is 30.3 Å². The van der Waals surface area contributed by atoms with Gasteiger partial charge in [0.05, 0.1) is 12.1 Å². The number of esters is 1. The Labute approximate surface area is 184 Å². The first kappa shape index (κ1) is 22.4. The van der Waals surface area contributed by atoms with E-state index in [1.165, 1.54) is 10.6 Å². The smallest absolute Gasteiger partial charge is 0.326 e. The number of amides is 2. The number of nitrogens with zero attached hydrogens (tertiary/aromatic N) is 3. The molecule has 0 bridgehead atoms. The number of ether oxygens (including phenoxy) is 1. The van der Waals surface area contributed by atoms with Crippen LogP contribution in [0.3, 0.4) is 0 Å². The molecule has 2 N–H and O–H groups in total. The normalized spacial score (nSPS) is 11.3. The second-order valence-electron chi connectivity index (χ2n) is 6.64. The highest BCUT2D eigenvalue weighted by molar-refractivity contribution is 5.97. The summed E-state index contributed by atoms with van der Waals surface area (Å²) in [5, 5.41) is 20.9. The summed E-state index contributed by atoms with van der Waals surface area (Å²) in [6.45, 7) is 1.33. The SMILES string of the molecule is CCOC(=O)Cn1c(O)c(N=NC(=O)CNC(=O)C=Cc2ccccc2)c2ccccc21. The van der Waals surface area contributed by atoms with Crippen LogP contribution in [-0.4, -0.2) is 40.6 Å². The van der Waals surface area contributed by atoms with E-state index in [4.69, 9.17) is 4.74 Å². The zero-order valence-corrected chi connectivity index (χ0v) is 17.4. The zero-order chi connectivity index (χ0) is 22.9. The van der Waals surface area contributed by atoms with Gasteiger partial charge in [-0.3, -0.25) is 19.0 Å². The first-order valence-electron chi connectivity index (χ1n) is 9.91. The average molecular weight is 434 g/mol. The molecule has 0 fully saturated rings. The summed E-state index contributed by atoms with van der Waals surface area (Å²) in [6.07, 6.45) is 2.94. The third-order valence-electron chi connectivity index (χ3n) is 4.41. The predicted octanol–water partition coefficient (Wildman–Crippen LogP) is 3.35. The summed E-state index contributed by atoms with van der Waals surface area (Å²) < 4.78 is 6.27. The largest absolute Gasteiger partial charge is 0.493 e. The molecule has 1 aromatic heterocycles. The second kappa shape index (κ2) is 10.7. The van der Waals surface area contributed by atoms with Crippen LogP contribution in [0, 0.1) is 0 Å². The van der Waals surface area contributed by atoms with Crippen molar-refractivity contribution in [2.75, 3.05) is 13.2 Å². The highest BCUT2D eigenvalue weighted by atomic mass is 16.5. The molecular formula is C23H22N4O5. The minimum absolute atomic E-state index is 0.0496. The number of para-hydroxylation sites is 1. The van der Waals surface area contributed by atoms with Crippen molar-refractivity contribution in [3.05, 3.63) is 66.2 Å². The number of azo groups is 1. The Balaban J connectivity index is 1.67. The Kier molecular flexibility index (Phi) is 7.47. The van der Waals surface area contributed by atoms with Crippen LogP contribution < -0.4 is 5.32 Å². The lowest BCUT2D eigenvalue weighted by molar-refractivity contribution is -0.143. The predicted molar refractivity (Wildman–Crippen MR) is 118 cm³/mol. The molecule has 3 aromatic rings. The maximum atomic E-state index is 12.1. The summed E-state index contributed by atoms with van der Waals surface area (Å²) in [7, 11) is 0. The maximum Gasteiger partial charge on any atom is 0.326 e. The Bertz CT molecular complexity index is 1180. The maximum absolute atomic E-state index is 12.1. The number of nitrogens with one attached hydrogen (secondary N) is 1. The fourth-order valence-electron chi connectivity index (χ4n) is 2.96. The van der Waals surface area contributed by atoms with Crippen LogP contribution in [0.15, 0.2) is 70.9 Å². The van der Waals surface area contributed by atoms with Gasteiger partial charge in [0.1, 0.15) is 13.1 Å². The van der Waals surface area contributed by atoms with Gasteiger partial charge in [-0.05, 0) is 24.6 Å². The first-order chi connectivity index (χ1) is 15.5. The van der Waals surface area contributed by atoms with Crippen molar-refractivity contribution in [1.82, 2.24) is 9.88 Å². The van der Waals surface area contributed by atoms with Crippen LogP contribution in [0.2, 0.25) is 0 Å². The Morgan fingerprint density at radius 3 is 2.56 bits per heavy atom. The molecule has 0 aliphatic carbocycles. The Morgan fingerprint density at radius 2 is 1.81 bits per heavy atom. The van der Waals surface area contributed by atoms with E-state index in [1.54, 1.807) is 37.3 Å². The van der Waals surface area contributed by atoms with E-state index in [0.29, 0.717) is 10.9 Å². The van der Waals surface area contributed by atoms with Crippen LogP contribution in [0.4, 0.5) is 5.69 Å². The van der Waals surface area contributed by atoms with Gasteiger partial charge in [-0.1, -0.05) is 48.5 Å². The summed E-state index contributed by atoms with van der Waals surface area (Å²) in [6, 6.07) is 16.1. The van der Waals surface area contributed by atoms with Crippen molar-refractivity contribution in [3.63, 3.8) is 0 Å². The van der Waals surface area contributed by atoms with Gasteiger partial charge in [-0.2, -0.15) is 0 Å². The van der Waals surface area contributed by atoms with Crippen molar-refractivity contribution in [3.8, 4) is 5.88 Å². The molecule has 3 rings (SSSR count). The van der Waals surface area contributed by atoms with Crippen molar-refractivity contribution < 1.29 is 24.2 Å². The lowest BCUT2D eigenvalue weighted by Gasteiger charge is -2.06. The minimum atomic E-state index is -0.701. The van der Waals surface area contributed by atoms with E-state index in [0.717, 1.165) is 5.56 Å². The standard InChI is InChI=1S/C23H22N4O5/c1-2-32-21(30)15-27-18-11-7-6-10-17(18)22(23(27)31)26-25-20(29)14-24-19(28)13-12-16-8-4-3-5-9-16/h3-13,31H,2,14-15H2,1H3,(H,24,28). The van der Waals surface area contributed by atoms with Gasteiger partial charge in [0.25, 0.3) is 5.91 Å². The van der Waals surface area contributed by atoms with E-state index >= 15 is 0 Å². The van der Waals surface area contributed by atoms with Crippen LogP contribution in [0.5, 0.6) is 5.88 Å². The number of fused-ring (bicyclic) bond motifs is 1. The lowest BCUT2D eigenvalue weighted by Crippen LogP contribution is -2.26. The molecule has 9 nitrogen and oxygen atoms in total. The average Bonchev–Trinajstić information content (AvgIpc) is 3.06. The fourth-order valence-corrected chi connectivity index (χ4v) is 2.96. The fraction of sp³-hybridized carbons (Fsp3) is 0.174. The second-order valence-corrected chi connectivity index (χ2v) is 6.64. The molecule has 0 radical (unpaired) electrons. The van der Waals surface area contributed by atoms with Crippen LogP contribution >= 0.6 is 0 Å². The topological polar surface area (TPSA) is 122 Å². The minimum Gasteiger partial charge on any atom is -0.493 e.